The third kappa shape index (κ3) is 3.48. The largest absolute Gasteiger partial charge is 0.485 e. The maximum Gasteiger partial charge on any atom is 0.485 e. The molecule has 0 atom stereocenters. The van der Waals surface area contributed by atoms with Crippen LogP contribution in [-0.4, -0.2) is 46.5 Å². The first-order chi connectivity index (χ1) is 8.33. The van der Waals surface area contributed by atoms with Crippen LogP contribution in [0.2, 0.25) is 0 Å². The van der Waals surface area contributed by atoms with E-state index in [-0.39, 0.29) is 14.2 Å². The Hall–Kier alpha value is -0.000130. The van der Waals surface area contributed by atoms with Crippen LogP contribution in [0.1, 0.15) is 19.8 Å². The van der Waals surface area contributed by atoms with Gasteiger partial charge in [-0.15, -0.1) is 11.6 Å². The fourth-order valence-corrected chi connectivity index (χ4v) is 2.08. The molecule has 2 aliphatic rings. The molecule has 4 nitrogen and oxygen atoms in total. The molecule has 0 aromatic carbocycles. The predicted octanol–water partition coefficient (Wildman–Crippen LogP) is 1.47. The van der Waals surface area contributed by atoms with Gasteiger partial charge < -0.3 is 18.6 Å². The molecule has 0 aromatic heterocycles. The highest BCUT2D eigenvalue weighted by atomic mass is 35.5. The Morgan fingerprint density at radius 3 is 1.71 bits per heavy atom. The van der Waals surface area contributed by atoms with Gasteiger partial charge in [-0.05, 0) is 25.1 Å². The van der Waals surface area contributed by atoms with Gasteiger partial charge in [-0.1, -0.05) is 5.57 Å². The zero-order chi connectivity index (χ0) is 12.1. The van der Waals surface area contributed by atoms with Gasteiger partial charge in [-0.3, -0.25) is 0 Å². The average Bonchev–Trinajstić information content (AvgIpc) is 2.41. The van der Waals surface area contributed by atoms with Crippen LogP contribution in [0.25, 0.3) is 0 Å². The number of halogens is 1. The minimum absolute atomic E-state index is 0.370. The summed E-state index contributed by atoms with van der Waals surface area (Å²) in [6.07, 6.45) is 1.85. The van der Waals surface area contributed by atoms with E-state index in [1.807, 2.05) is 6.92 Å². The van der Waals surface area contributed by atoms with Crippen LogP contribution in [0.4, 0.5) is 0 Å². The predicted molar refractivity (Wildman–Crippen MR) is 68.0 cm³/mol. The molecular weight excluding hydrogens is 241 g/mol. The molecule has 2 heterocycles. The van der Waals surface area contributed by atoms with Gasteiger partial charge in [-0.25, -0.2) is 0 Å². The summed E-state index contributed by atoms with van der Waals surface area (Å²) in [4.78, 5) is 0. The Morgan fingerprint density at radius 1 is 0.941 bits per heavy atom. The number of alkyl halides is 1. The summed E-state index contributed by atoms with van der Waals surface area (Å²) < 4.78 is 22.5. The van der Waals surface area contributed by atoms with Crippen molar-refractivity contribution in [3.05, 3.63) is 10.9 Å². The zero-order valence-corrected chi connectivity index (χ0v) is 10.9. The van der Waals surface area contributed by atoms with Crippen LogP contribution in [0.15, 0.2) is 10.9 Å². The van der Waals surface area contributed by atoms with E-state index < -0.39 is 0 Å². The lowest BCUT2D eigenvalue weighted by atomic mass is 9.55. The monoisotopic (exact) mass is 258 g/mol. The van der Waals surface area contributed by atoms with Crippen molar-refractivity contribution in [3.8, 4) is 0 Å². The van der Waals surface area contributed by atoms with Crippen molar-refractivity contribution < 1.29 is 18.6 Å². The van der Waals surface area contributed by atoms with Crippen LogP contribution in [-0.2, 0) is 18.6 Å². The second-order valence-electron chi connectivity index (χ2n) is 4.22. The SMILES string of the molecule is CC(CCl)=C(B1OCCCO1)B1OCCCO1. The lowest BCUT2D eigenvalue weighted by molar-refractivity contribution is 0.127. The van der Waals surface area contributed by atoms with Crippen LogP contribution < -0.4 is 0 Å². The highest BCUT2D eigenvalue weighted by molar-refractivity contribution is 6.78. The van der Waals surface area contributed by atoms with Crippen LogP contribution in [0, 0.1) is 0 Å². The average molecular weight is 258 g/mol. The summed E-state index contributed by atoms with van der Waals surface area (Å²) >= 11 is 5.91. The van der Waals surface area contributed by atoms with E-state index in [4.69, 9.17) is 30.2 Å². The third-order valence-corrected chi connectivity index (χ3v) is 3.26. The summed E-state index contributed by atoms with van der Waals surface area (Å²) in [7, 11) is -0.740. The number of rotatable bonds is 3. The fraction of sp³-hybridized carbons (Fsp3) is 0.800. The Labute approximate surface area is 108 Å². The maximum absolute atomic E-state index is 5.91. The molecule has 0 N–H and O–H groups in total. The molecule has 0 aromatic rings. The van der Waals surface area contributed by atoms with Crippen molar-refractivity contribution >= 4 is 25.8 Å². The first kappa shape index (κ1) is 13.4. The molecule has 7 heteroatoms. The highest BCUT2D eigenvalue weighted by Crippen LogP contribution is 2.21. The quantitative estimate of drug-likeness (QED) is 0.567. The molecule has 0 spiro atoms. The second-order valence-corrected chi connectivity index (χ2v) is 4.49. The summed E-state index contributed by atoms with van der Waals surface area (Å²) in [6, 6.07) is 0. The molecule has 2 saturated heterocycles. The molecule has 0 radical (unpaired) electrons. The molecule has 2 fully saturated rings. The van der Waals surface area contributed by atoms with E-state index in [9.17, 15) is 0 Å². The van der Waals surface area contributed by atoms with E-state index in [2.05, 4.69) is 0 Å². The van der Waals surface area contributed by atoms with Crippen molar-refractivity contribution in [3.63, 3.8) is 0 Å². The van der Waals surface area contributed by atoms with Crippen molar-refractivity contribution in [1.82, 2.24) is 0 Å². The molecule has 17 heavy (non-hydrogen) atoms. The maximum atomic E-state index is 5.91. The number of allylic oxidation sites excluding steroid dienone is 1. The third-order valence-electron chi connectivity index (χ3n) is 2.86. The second kappa shape index (κ2) is 6.81. The Kier molecular flexibility index (Phi) is 5.38. The van der Waals surface area contributed by atoms with Crippen molar-refractivity contribution in [1.29, 1.82) is 0 Å². The van der Waals surface area contributed by atoms with Crippen LogP contribution in [0.3, 0.4) is 0 Å². The van der Waals surface area contributed by atoms with Gasteiger partial charge in [0.2, 0.25) is 0 Å². The molecule has 2 aliphatic heterocycles. The first-order valence-electron chi connectivity index (χ1n) is 6.05. The van der Waals surface area contributed by atoms with Crippen molar-refractivity contribution in [2.24, 2.45) is 0 Å². The van der Waals surface area contributed by atoms with Crippen molar-refractivity contribution in [2.45, 2.75) is 19.8 Å². The van der Waals surface area contributed by atoms with Gasteiger partial charge >= 0.3 is 14.2 Å². The summed E-state index contributed by atoms with van der Waals surface area (Å²) in [6.45, 7) is 4.78. The van der Waals surface area contributed by atoms with Gasteiger partial charge in [0.25, 0.3) is 0 Å². The normalized spacial score (nSPS) is 21.5. The van der Waals surface area contributed by atoms with Gasteiger partial charge in [0.15, 0.2) is 0 Å². The molecule has 0 amide bonds. The first-order valence-corrected chi connectivity index (χ1v) is 6.58. The van der Waals surface area contributed by atoms with E-state index in [0.717, 1.165) is 23.8 Å². The van der Waals surface area contributed by atoms with Gasteiger partial charge in [0.1, 0.15) is 0 Å². The molecule has 0 bridgehead atoms. The molecule has 0 saturated carbocycles. The van der Waals surface area contributed by atoms with Gasteiger partial charge in [-0.2, -0.15) is 0 Å². The lowest BCUT2D eigenvalue weighted by Crippen LogP contribution is -2.44. The Bertz CT molecular complexity index is 255. The minimum atomic E-state index is -0.370. The zero-order valence-electron chi connectivity index (χ0n) is 10.1. The molecule has 2 rings (SSSR count). The standard InChI is InChI=1S/C10H17B2ClO4/c1-9(8-13)10(11-14-4-2-5-15-11)12-16-6-3-7-17-12/h2-8H2,1H3. The fourth-order valence-electron chi connectivity index (χ4n) is 1.93. The van der Waals surface area contributed by atoms with E-state index >= 15 is 0 Å². The smallest absolute Gasteiger partial charge is 0.408 e. The molecule has 94 valence electrons. The van der Waals surface area contributed by atoms with Gasteiger partial charge in [0.05, 0.1) is 0 Å². The lowest BCUT2D eigenvalue weighted by Gasteiger charge is -2.28. The topological polar surface area (TPSA) is 36.9 Å². The molecule has 0 aliphatic carbocycles. The number of hydrogen-bond acceptors (Lipinski definition) is 4. The van der Waals surface area contributed by atoms with Crippen molar-refractivity contribution in [2.75, 3.05) is 32.3 Å². The number of hydrogen-bond donors (Lipinski definition) is 0. The summed E-state index contributed by atoms with van der Waals surface area (Å²) in [5.41, 5.74) is 1.01. The minimum Gasteiger partial charge on any atom is -0.408 e. The van der Waals surface area contributed by atoms with E-state index in [1.54, 1.807) is 0 Å². The Balaban J connectivity index is 2.11. The van der Waals surface area contributed by atoms with Crippen LogP contribution in [0.5, 0.6) is 0 Å². The molecular formula is C10H17B2ClO4. The Morgan fingerprint density at radius 2 is 1.35 bits per heavy atom. The van der Waals surface area contributed by atoms with Crippen LogP contribution >= 0.6 is 11.6 Å². The molecule has 0 unspecified atom stereocenters. The summed E-state index contributed by atoms with van der Waals surface area (Å²) in [5.74, 6) is 0.432. The highest BCUT2D eigenvalue weighted by Gasteiger charge is 2.40. The summed E-state index contributed by atoms with van der Waals surface area (Å²) in [5, 5.41) is 0.902. The van der Waals surface area contributed by atoms with E-state index in [1.165, 1.54) is 0 Å². The van der Waals surface area contributed by atoms with E-state index in [0.29, 0.717) is 32.3 Å². The van der Waals surface area contributed by atoms with Gasteiger partial charge in [0, 0.05) is 32.3 Å².